The van der Waals surface area contributed by atoms with E-state index in [1.807, 2.05) is 11.8 Å². The van der Waals surface area contributed by atoms with Gasteiger partial charge in [0.2, 0.25) is 0 Å². The van der Waals surface area contributed by atoms with E-state index < -0.39 is 0 Å². The summed E-state index contributed by atoms with van der Waals surface area (Å²) in [5.74, 6) is 0. The quantitative estimate of drug-likeness (QED) is 0.860. The number of aryl methyl sites for hydroxylation is 2. The van der Waals surface area contributed by atoms with Crippen LogP contribution in [0, 0.1) is 13.8 Å². The Balaban J connectivity index is 1.55. The lowest BCUT2D eigenvalue weighted by Crippen LogP contribution is -2.58. The summed E-state index contributed by atoms with van der Waals surface area (Å²) in [5.41, 5.74) is 3.42. The number of morpholine rings is 1. The van der Waals surface area contributed by atoms with Gasteiger partial charge in [0.1, 0.15) is 0 Å². The van der Waals surface area contributed by atoms with Gasteiger partial charge in [-0.1, -0.05) is 6.92 Å². The van der Waals surface area contributed by atoms with Crippen LogP contribution in [0.15, 0.2) is 0 Å². The van der Waals surface area contributed by atoms with Crippen molar-refractivity contribution in [3.05, 3.63) is 17.0 Å². The van der Waals surface area contributed by atoms with Gasteiger partial charge in [0, 0.05) is 50.0 Å². The number of hydrogen-bond donors (Lipinski definition) is 2. The second kappa shape index (κ2) is 7.96. The molecule has 0 saturated carbocycles. The highest BCUT2D eigenvalue weighted by molar-refractivity contribution is 5.74. The van der Waals surface area contributed by atoms with Gasteiger partial charge in [-0.25, -0.2) is 4.79 Å². The number of nitrogens with one attached hydrogen (secondary N) is 2. The van der Waals surface area contributed by atoms with Crippen LogP contribution in [0.4, 0.5) is 4.79 Å². The van der Waals surface area contributed by atoms with Crippen LogP contribution in [0.25, 0.3) is 0 Å². The summed E-state index contributed by atoms with van der Waals surface area (Å²) in [6.45, 7) is 13.4. The molecule has 0 aliphatic carbocycles. The predicted octanol–water partition coefficient (Wildman–Crippen LogP) is 2.20. The second-order valence-electron chi connectivity index (χ2n) is 7.90. The Morgan fingerprint density at radius 2 is 2.08 bits per heavy atom. The number of piperidine rings is 1. The first-order chi connectivity index (χ1) is 12.4. The highest BCUT2D eigenvalue weighted by Crippen LogP contribution is 2.31. The topological polar surface area (TPSA) is 73.5 Å². The van der Waals surface area contributed by atoms with Gasteiger partial charge in [-0.15, -0.1) is 0 Å². The van der Waals surface area contributed by atoms with Crippen LogP contribution in [0.3, 0.4) is 0 Å². The van der Waals surface area contributed by atoms with Crippen molar-refractivity contribution in [1.82, 2.24) is 25.3 Å². The molecule has 1 aromatic heterocycles. The van der Waals surface area contributed by atoms with Crippen molar-refractivity contribution in [2.24, 2.45) is 0 Å². The molecular weight excluding hydrogens is 330 g/mol. The number of amides is 2. The summed E-state index contributed by atoms with van der Waals surface area (Å²) < 4.78 is 6.22. The number of likely N-dealkylation sites (tertiary alicyclic amines) is 1. The molecule has 2 saturated heterocycles. The largest absolute Gasteiger partial charge is 0.372 e. The monoisotopic (exact) mass is 363 g/mol. The van der Waals surface area contributed by atoms with Gasteiger partial charge >= 0.3 is 6.03 Å². The third kappa shape index (κ3) is 4.20. The third-order valence-electron chi connectivity index (χ3n) is 5.93. The molecule has 2 aliphatic heterocycles. The molecule has 7 heteroatoms. The molecule has 0 radical (unpaired) electrons. The average molecular weight is 364 g/mol. The molecule has 0 aromatic carbocycles. The summed E-state index contributed by atoms with van der Waals surface area (Å²) in [6, 6.07) is 0.285. The Morgan fingerprint density at radius 3 is 2.69 bits per heavy atom. The van der Waals surface area contributed by atoms with Crippen LogP contribution in [0.5, 0.6) is 0 Å². The van der Waals surface area contributed by atoms with E-state index in [2.05, 4.69) is 41.2 Å². The van der Waals surface area contributed by atoms with Gasteiger partial charge < -0.3 is 15.0 Å². The molecule has 1 atom stereocenters. The van der Waals surface area contributed by atoms with Crippen molar-refractivity contribution in [2.75, 3.05) is 32.8 Å². The van der Waals surface area contributed by atoms with Crippen LogP contribution >= 0.6 is 0 Å². The fourth-order valence-electron chi connectivity index (χ4n) is 3.91. The SMILES string of the molecule is CCC(C)NC(=O)N1CCC2(CC1)CN(Cc1c(C)n[nH]c1C)CCO2. The van der Waals surface area contributed by atoms with E-state index >= 15 is 0 Å². The van der Waals surface area contributed by atoms with Crippen molar-refractivity contribution in [3.8, 4) is 0 Å². The number of carbonyl (C=O) groups excluding carboxylic acids is 1. The first kappa shape index (κ1) is 19.2. The maximum Gasteiger partial charge on any atom is 0.317 e. The molecule has 1 aromatic rings. The lowest BCUT2D eigenvalue weighted by Gasteiger charge is -2.47. The summed E-state index contributed by atoms with van der Waals surface area (Å²) in [4.78, 5) is 16.8. The van der Waals surface area contributed by atoms with Crippen molar-refractivity contribution in [1.29, 1.82) is 0 Å². The summed E-state index contributed by atoms with van der Waals surface area (Å²) in [5, 5.41) is 10.5. The Morgan fingerprint density at radius 1 is 1.35 bits per heavy atom. The molecule has 2 amide bonds. The molecule has 1 spiro atoms. The van der Waals surface area contributed by atoms with Crippen molar-refractivity contribution < 1.29 is 9.53 Å². The number of ether oxygens (including phenoxy) is 1. The zero-order chi connectivity index (χ0) is 18.7. The fraction of sp³-hybridized carbons (Fsp3) is 0.789. The Labute approximate surface area is 156 Å². The normalized spacial score (nSPS) is 21.8. The molecule has 146 valence electrons. The second-order valence-corrected chi connectivity index (χ2v) is 7.90. The molecule has 0 bridgehead atoms. The number of nitrogens with zero attached hydrogens (tertiary/aromatic N) is 3. The van der Waals surface area contributed by atoms with Gasteiger partial charge in [-0.3, -0.25) is 10.00 Å². The summed E-state index contributed by atoms with van der Waals surface area (Å²) in [6.07, 6.45) is 2.76. The molecule has 26 heavy (non-hydrogen) atoms. The number of urea groups is 1. The van der Waals surface area contributed by atoms with Crippen LogP contribution < -0.4 is 5.32 Å². The van der Waals surface area contributed by atoms with Crippen LogP contribution in [0.1, 0.15) is 50.1 Å². The van der Waals surface area contributed by atoms with E-state index in [4.69, 9.17) is 4.74 Å². The van der Waals surface area contributed by atoms with Gasteiger partial charge in [-0.2, -0.15) is 5.10 Å². The van der Waals surface area contributed by atoms with E-state index in [1.54, 1.807) is 0 Å². The minimum absolute atomic E-state index is 0.0616. The summed E-state index contributed by atoms with van der Waals surface area (Å²) >= 11 is 0. The predicted molar refractivity (Wildman–Crippen MR) is 101 cm³/mol. The maximum atomic E-state index is 12.3. The standard InChI is InChI=1S/C19H33N5O2/c1-5-14(2)20-18(25)24-8-6-19(7-9-24)13-23(10-11-26-19)12-17-15(3)21-22-16(17)4/h14H,5-13H2,1-4H3,(H,20,25)(H,21,22). The molecule has 1 unspecified atom stereocenters. The number of H-pyrrole nitrogens is 1. The van der Waals surface area contributed by atoms with Gasteiger partial charge in [0.25, 0.3) is 0 Å². The van der Waals surface area contributed by atoms with E-state index in [9.17, 15) is 4.79 Å². The van der Waals surface area contributed by atoms with Gasteiger partial charge in [0.05, 0.1) is 17.9 Å². The van der Waals surface area contributed by atoms with Crippen LogP contribution in [-0.2, 0) is 11.3 Å². The smallest absolute Gasteiger partial charge is 0.317 e. The number of rotatable bonds is 4. The molecule has 2 N–H and O–H groups in total. The van der Waals surface area contributed by atoms with Crippen molar-refractivity contribution in [2.45, 2.75) is 65.1 Å². The fourth-order valence-corrected chi connectivity index (χ4v) is 3.91. The minimum Gasteiger partial charge on any atom is -0.372 e. The number of hydrogen-bond acceptors (Lipinski definition) is 4. The Bertz CT molecular complexity index is 602. The Kier molecular flexibility index (Phi) is 5.87. The lowest BCUT2D eigenvalue weighted by molar-refractivity contribution is -0.133. The number of aromatic amines is 1. The lowest BCUT2D eigenvalue weighted by atomic mass is 9.89. The maximum absolute atomic E-state index is 12.3. The highest BCUT2D eigenvalue weighted by atomic mass is 16.5. The highest BCUT2D eigenvalue weighted by Gasteiger charge is 2.40. The third-order valence-corrected chi connectivity index (χ3v) is 5.93. The molecular formula is C19H33N5O2. The first-order valence-electron chi connectivity index (χ1n) is 9.84. The molecule has 7 nitrogen and oxygen atoms in total. The van der Waals surface area contributed by atoms with E-state index in [-0.39, 0.29) is 17.7 Å². The van der Waals surface area contributed by atoms with Crippen molar-refractivity contribution in [3.63, 3.8) is 0 Å². The summed E-state index contributed by atoms with van der Waals surface area (Å²) in [7, 11) is 0. The first-order valence-corrected chi connectivity index (χ1v) is 9.84. The molecule has 3 heterocycles. The van der Waals surface area contributed by atoms with Gasteiger partial charge in [-0.05, 0) is 40.0 Å². The zero-order valence-electron chi connectivity index (χ0n) is 16.6. The molecule has 2 fully saturated rings. The average Bonchev–Trinajstić information content (AvgIpc) is 2.94. The number of carbonyl (C=O) groups is 1. The number of aromatic nitrogens is 2. The molecule has 3 rings (SSSR count). The van der Waals surface area contributed by atoms with E-state index in [0.717, 1.165) is 70.0 Å². The molecule has 2 aliphatic rings. The van der Waals surface area contributed by atoms with Crippen LogP contribution in [-0.4, -0.2) is 70.5 Å². The zero-order valence-corrected chi connectivity index (χ0v) is 16.6. The van der Waals surface area contributed by atoms with Crippen molar-refractivity contribution >= 4 is 6.03 Å². The van der Waals surface area contributed by atoms with Gasteiger partial charge in [0.15, 0.2) is 0 Å². The van der Waals surface area contributed by atoms with Crippen LogP contribution in [0.2, 0.25) is 0 Å². The van der Waals surface area contributed by atoms with E-state index in [1.165, 1.54) is 5.56 Å². The van der Waals surface area contributed by atoms with E-state index in [0.29, 0.717) is 0 Å². The Hall–Kier alpha value is -1.60. The minimum atomic E-state index is -0.114.